The Hall–Kier alpha value is -3.09. The summed E-state index contributed by atoms with van der Waals surface area (Å²) in [5, 5.41) is 5.79. The van der Waals surface area contributed by atoms with E-state index in [4.69, 9.17) is 4.42 Å². The summed E-state index contributed by atoms with van der Waals surface area (Å²) in [6.07, 6.45) is 8.41. The first-order valence-corrected chi connectivity index (χ1v) is 11.6. The zero-order valence-corrected chi connectivity index (χ0v) is 18.7. The number of carbonyl (C=O) groups excluding carboxylic acids is 3. The molecule has 172 valence electrons. The number of nitrogens with zero attached hydrogens (tertiary/aromatic N) is 1. The zero-order valence-electron chi connectivity index (χ0n) is 18.7. The van der Waals surface area contributed by atoms with Gasteiger partial charge in [0.15, 0.2) is 5.76 Å². The van der Waals surface area contributed by atoms with Crippen LogP contribution in [0.2, 0.25) is 0 Å². The second-order valence-corrected chi connectivity index (χ2v) is 8.26. The molecule has 1 saturated carbocycles. The van der Waals surface area contributed by atoms with Crippen molar-refractivity contribution in [3.05, 3.63) is 60.1 Å². The average Bonchev–Trinajstić information content (AvgIpc) is 3.36. The minimum absolute atomic E-state index is 0.143. The predicted molar refractivity (Wildman–Crippen MR) is 122 cm³/mol. The molecule has 0 bridgehead atoms. The van der Waals surface area contributed by atoms with Crippen LogP contribution in [0.5, 0.6) is 0 Å². The number of carbonyl (C=O) groups is 3. The lowest BCUT2D eigenvalue weighted by atomic mass is 9.94. The molecule has 1 fully saturated rings. The van der Waals surface area contributed by atoms with E-state index >= 15 is 0 Å². The maximum absolute atomic E-state index is 13.4. The molecular formula is C25H33N3O4. The third kappa shape index (κ3) is 6.45. The number of rotatable bonds is 10. The van der Waals surface area contributed by atoms with Crippen molar-refractivity contribution < 1.29 is 18.8 Å². The Morgan fingerprint density at radius 2 is 1.81 bits per heavy atom. The van der Waals surface area contributed by atoms with Gasteiger partial charge in [0.05, 0.1) is 12.8 Å². The lowest BCUT2D eigenvalue weighted by Crippen LogP contribution is -2.49. The van der Waals surface area contributed by atoms with Crippen molar-refractivity contribution in [2.24, 2.45) is 0 Å². The molecule has 7 heteroatoms. The smallest absolute Gasteiger partial charge is 0.287 e. The van der Waals surface area contributed by atoms with Crippen LogP contribution in [0.4, 0.5) is 0 Å². The quantitative estimate of drug-likeness (QED) is 0.589. The summed E-state index contributed by atoms with van der Waals surface area (Å²) in [7, 11) is 0. The summed E-state index contributed by atoms with van der Waals surface area (Å²) in [6, 6.07) is 11.9. The molecule has 1 aliphatic carbocycles. The van der Waals surface area contributed by atoms with Crippen molar-refractivity contribution in [2.75, 3.05) is 13.1 Å². The number of amides is 3. The number of benzene rings is 1. The van der Waals surface area contributed by atoms with E-state index in [9.17, 15) is 14.4 Å². The van der Waals surface area contributed by atoms with E-state index in [1.807, 2.05) is 37.3 Å². The van der Waals surface area contributed by atoms with Crippen molar-refractivity contribution in [3.63, 3.8) is 0 Å². The molecule has 1 aliphatic rings. The Kier molecular flexibility index (Phi) is 8.90. The normalized spacial score (nSPS) is 15.0. The fourth-order valence-corrected chi connectivity index (χ4v) is 4.11. The molecule has 2 aromatic rings. The molecule has 0 saturated heterocycles. The van der Waals surface area contributed by atoms with Gasteiger partial charge in [-0.2, -0.15) is 0 Å². The molecule has 1 aromatic carbocycles. The van der Waals surface area contributed by atoms with Crippen LogP contribution in [-0.4, -0.2) is 41.8 Å². The second-order valence-electron chi connectivity index (χ2n) is 8.26. The third-order valence-electron chi connectivity index (χ3n) is 5.84. The monoisotopic (exact) mass is 439 g/mol. The number of nitrogens with one attached hydrogen (secondary N) is 2. The standard InChI is InChI=1S/C25H33N3O4/c1-2-3-16-28(22(29)18-26-24(30)21-15-10-17-32-21)23(19-11-6-4-7-12-19)25(31)27-20-13-8-5-9-14-20/h4,6-7,10-12,15,17,20,23H,2-3,5,8-9,13-14,16,18H2,1H3,(H,26,30)(H,27,31)/t23-/m1/s1. The molecule has 0 aliphatic heterocycles. The summed E-state index contributed by atoms with van der Waals surface area (Å²) in [4.78, 5) is 40.5. The van der Waals surface area contributed by atoms with Gasteiger partial charge in [-0.15, -0.1) is 0 Å². The van der Waals surface area contributed by atoms with E-state index in [2.05, 4.69) is 10.6 Å². The fraction of sp³-hybridized carbons (Fsp3) is 0.480. The molecule has 3 rings (SSSR count). The minimum atomic E-state index is -0.738. The van der Waals surface area contributed by atoms with Gasteiger partial charge in [0.1, 0.15) is 6.04 Å². The van der Waals surface area contributed by atoms with Crippen LogP contribution >= 0.6 is 0 Å². The van der Waals surface area contributed by atoms with Gasteiger partial charge < -0.3 is 20.0 Å². The van der Waals surface area contributed by atoms with Crippen LogP contribution in [0.25, 0.3) is 0 Å². The van der Waals surface area contributed by atoms with E-state index in [-0.39, 0.29) is 30.2 Å². The van der Waals surface area contributed by atoms with Crippen molar-refractivity contribution in [1.82, 2.24) is 15.5 Å². The van der Waals surface area contributed by atoms with E-state index in [0.29, 0.717) is 6.54 Å². The molecule has 1 aromatic heterocycles. The number of furan rings is 1. The average molecular weight is 440 g/mol. The SMILES string of the molecule is CCCCN(C(=O)CNC(=O)c1ccco1)[C@@H](C(=O)NC1CCCCC1)c1ccccc1. The number of hydrogen-bond acceptors (Lipinski definition) is 4. The Balaban J connectivity index is 1.78. The minimum Gasteiger partial charge on any atom is -0.459 e. The van der Waals surface area contributed by atoms with E-state index in [1.165, 1.54) is 12.7 Å². The lowest BCUT2D eigenvalue weighted by molar-refractivity contribution is -0.140. The van der Waals surface area contributed by atoms with Crippen LogP contribution in [0.3, 0.4) is 0 Å². The van der Waals surface area contributed by atoms with Crippen LogP contribution < -0.4 is 10.6 Å². The van der Waals surface area contributed by atoms with Crippen molar-refractivity contribution >= 4 is 17.7 Å². The van der Waals surface area contributed by atoms with E-state index in [0.717, 1.165) is 44.1 Å². The molecule has 7 nitrogen and oxygen atoms in total. The highest BCUT2D eigenvalue weighted by molar-refractivity contribution is 5.95. The third-order valence-corrected chi connectivity index (χ3v) is 5.84. The molecule has 0 radical (unpaired) electrons. The maximum atomic E-state index is 13.4. The summed E-state index contributed by atoms with van der Waals surface area (Å²) in [5.41, 5.74) is 0.766. The molecular weight excluding hydrogens is 406 g/mol. The second kappa shape index (κ2) is 12.1. The first-order valence-electron chi connectivity index (χ1n) is 11.6. The Labute approximate surface area is 189 Å². The van der Waals surface area contributed by atoms with E-state index in [1.54, 1.807) is 17.0 Å². The van der Waals surface area contributed by atoms with Gasteiger partial charge in [0, 0.05) is 12.6 Å². The van der Waals surface area contributed by atoms with Gasteiger partial charge in [-0.25, -0.2) is 0 Å². The molecule has 1 atom stereocenters. The van der Waals surface area contributed by atoms with Gasteiger partial charge >= 0.3 is 0 Å². The van der Waals surface area contributed by atoms with Gasteiger partial charge in [0.25, 0.3) is 5.91 Å². The highest BCUT2D eigenvalue weighted by atomic mass is 16.3. The van der Waals surface area contributed by atoms with Gasteiger partial charge in [-0.05, 0) is 37.0 Å². The van der Waals surface area contributed by atoms with Gasteiger partial charge in [-0.1, -0.05) is 62.9 Å². The maximum Gasteiger partial charge on any atom is 0.287 e. The fourth-order valence-electron chi connectivity index (χ4n) is 4.11. The first kappa shape index (κ1) is 23.6. The Morgan fingerprint density at radius 3 is 2.47 bits per heavy atom. The molecule has 0 spiro atoms. The van der Waals surface area contributed by atoms with Crippen molar-refractivity contribution in [2.45, 2.75) is 64.0 Å². The highest BCUT2D eigenvalue weighted by Crippen LogP contribution is 2.24. The van der Waals surface area contributed by atoms with Gasteiger partial charge in [0.2, 0.25) is 11.8 Å². The molecule has 1 heterocycles. The number of unbranched alkanes of at least 4 members (excludes halogenated alkanes) is 1. The molecule has 2 N–H and O–H groups in total. The molecule has 32 heavy (non-hydrogen) atoms. The van der Waals surface area contributed by atoms with Crippen LogP contribution in [0.1, 0.15) is 74.0 Å². The zero-order chi connectivity index (χ0) is 22.8. The summed E-state index contributed by atoms with van der Waals surface area (Å²) in [5.74, 6) is -0.773. The molecule has 3 amide bonds. The van der Waals surface area contributed by atoms with Crippen LogP contribution in [0, 0.1) is 0 Å². The topological polar surface area (TPSA) is 91.7 Å². The van der Waals surface area contributed by atoms with Gasteiger partial charge in [-0.3, -0.25) is 14.4 Å². The van der Waals surface area contributed by atoms with Crippen molar-refractivity contribution in [3.8, 4) is 0 Å². The van der Waals surface area contributed by atoms with Crippen molar-refractivity contribution in [1.29, 1.82) is 0 Å². The van der Waals surface area contributed by atoms with E-state index < -0.39 is 11.9 Å². The van der Waals surface area contributed by atoms with Crippen LogP contribution in [0.15, 0.2) is 53.1 Å². The Bertz CT molecular complexity index is 861. The lowest BCUT2D eigenvalue weighted by Gasteiger charge is -2.33. The molecule has 0 unspecified atom stereocenters. The summed E-state index contributed by atoms with van der Waals surface area (Å²) >= 11 is 0. The highest BCUT2D eigenvalue weighted by Gasteiger charge is 2.32. The largest absolute Gasteiger partial charge is 0.459 e. The predicted octanol–water partition coefficient (Wildman–Crippen LogP) is 3.83. The summed E-state index contributed by atoms with van der Waals surface area (Å²) < 4.78 is 5.09. The first-order chi connectivity index (χ1) is 15.6. The van der Waals surface area contributed by atoms with Crippen LogP contribution in [-0.2, 0) is 9.59 Å². The summed E-state index contributed by atoms with van der Waals surface area (Å²) in [6.45, 7) is 2.27. The Morgan fingerprint density at radius 1 is 1.06 bits per heavy atom. The number of hydrogen-bond donors (Lipinski definition) is 2.